The monoisotopic (exact) mass is 186 g/mol. The lowest BCUT2D eigenvalue weighted by Crippen LogP contribution is -2.07. The van der Waals surface area contributed by atoms with Crippen LogP contribution in [-0.4, -0.2) is 15.4 Å². The van der Waals surface area contributed by atoms with Crippen molar-refractivity contribution in [2.24, 2.45) is 0 Å². The number of rotatable bonds is 5. The third-order valence-corrected chi connectivity index (χ3v) is 2.23. The third-order valence-electron chi connectivity index (χ3n) is 2.01. The molecular weight excluding hydrogens is 172 g/mol. The molecule has 0 aromatic carbocycles. The summed E-state index contributed by atoms with van der Waals surface area (Å²) in [5.41, 5.74) is 0. The van der Waals surface area contributed by atoms with Gasteiger partial charge in [-0.15, -0.1) is 11.6 Å². The Bertz CT molecular complexity index is 190. The molecule has 3 heteroatoms. The first kappa shape index (κ1) is 9.59. The molecule has 2 nitrogen and oxygen atoms in total. The zero-order valence-corrected chi connectivity index (χ0v) is 8.17. The summed E-state index contributed by atoms with van der Waals surface area (Å²) in [6.45, 7) is 2.19. The first-order valence-corrected chi connectivity index (χ1v) is 4.95. The van der Waals surface area contributed by atoms with Gasteiger partial charge in [-0.1, -0.05) is 13.3 Å². The van der Waals surface area contributed by atoms with E-state index >= 15 is 0 Å². The molecule has 1 aromatic heterocycles. The number of aromatic nitrogens is 2. The van der Waals surface area contributed by atoms with Crippen molar-refractivity contribution >= 4 is 11.6 Å². The van der Waals surface area contributed by atoms with Gasteiger partial charge in [-0.3, -0.25) is 0 Å². The topological polar surface area (TPSA) is 17.8 Å². The minimum atomic E-state index is 0.537. The second-order valence-corrected chi connectivity index (χ2v) is 3.31. The highest BCUT2D eigenvalue weighted by atomic mass is 35.5. The second kappa shape index (κ2) is 5.20. The van der Waals surface area contributed by atoms with Crippen LogP contribution in [0.4, 0.5) is 0 Å². The zero-order valence-electron chi connectivity index (χ0n) is 7.41. The molecular formula is C9H15ClN2. The quantitative estimate of drug-likeness (QED) is 0.647. The highest BCUT2D eigenvalue weighted by Gasteiger charge is 2.07. The summed E-state index contributed by atoms with van der Waals surface area (Å²) in [6.07, 6.45) is 9.10. The Hall–Kier alpha value is -0.500. The Morgan fingerprint density at radius 2 is 2.33 bits per heavy atom. The number of hydrogen-bond donors (Lipinski definition) is 0. The Labute approximate surface area is 78.6 Å². The van der Waals surface area contributed by atoms with Crippen molar-refractivity contribution in [2.75, 3.05) is 5.88 Å². The third kappa shape index (κ3) is 2.52. The van der Waals surface area contributed by atoms with Crippen molar-refractivity contribution in [1.82, 2.24) is 9.55 Å². The van der Waals surface area contributed by atoms with Crippen molar-refractivity contribution < 1.29 is 0 Å². The van der Waals surface area contributed by atoms with E-state index in [9.17, 15) is 0 Å². The van der Waals surface area contributed by atoms with Crippen molar-refractivity contribution in [1.29, 1.82) is 0 Å². The summed E-state index contributed by atoms with van der Waals surface area (Å²) in [7, 11) is 0. The number of imidazole rings is 1. The SMILES string of the molecule is CCCC(CCCl)n1ccnc1. The molecule has 1 unspecified atom stereocenters. The van der Waals surface area contributed by atoms with Crippen LogP contribution in [0.3, 0.4) is 0 Å². The lowest BCUT2D eigenvalue weighted by atomic mass is 10.1. The molecule has 1 rings (SSSR count). The van der Waals surface area contributed by atoms with Crippen LogP contribution in [0.5, 0.6) is 0 Å². The van der Waals surface area contributed by atoms with Gasteiger partial charge < -0.3 is 4.57 Å². The number of nitrogens with zero attached hydrogens (tertiary/aromatic N) is 2. The van der Waals surface area contributed by atoms with Crippen molar-refractivity contribution in [2.45, 2.75) is 32.2 Å². The van der Waals surface area contributed by atoms with Crippen molar-refractivity contribution in [3.8, 4) is 0 Å². The van der Waals surface area contributed by atoms with Gasteiger partial charge in [0.2, 0.25) is 0 Å². The van der Waals surface area contributed by atoms with Crippen molar-refractivity contribution in [3.63, 3.8) is 0 Å². The largest absolute Gasteiger partial charge is 0.334 e. The van der Waals surface area contributed by atoms with Crippen LogP contribution in [0.25, 0.3) is 0 Å². The molecule has 1 heterocycles. The van der Waals surface area contributed by atoms with E-state index in [-0.39, 0.29) is 0 Å². The van der Waals surface area contributed by atoms with Gasteiger partial charge in [0.25, 0.3) is 0 Å². The fourth-order valence-electron chi connectivity index (χ4n) is 1.39. The van der Waals surface area contributed by atoms with Gasteiger partial charge in [0.05, 0.1) is 6.33 Å². The van der Waals surface area contributed by atoms with Crippen LogP contribution in [0.1, 0.15) is 32.2 Å². The molecule has 0 bridgehead atoms. The summed E-state index contributed by atoms with van der Waals surface area (Å²) in [5, 5.41) is 0. The smallest absolute Gasteiger partial charge is 0.0948 e. The Morgan fingerprint density at radius 3 is 2.83 bits per heavy atom. The number of alkyl halides is 1. The number of halogens is 1. The maximum atomic E-state index is 5.72. The van der Waals surface area contributed by atoms with E-state index in [4.69, 9.17) is 11.6 Å². The second-order valence-electron chi connectivity index (χ2n) is 2.93. The fraction of sp³-hybridized carbons (Fsp3) is 0.667. The summed E-state index contributed by atoms with van der Waals surface area (Å²) in [6, 6.07) is 0.537. The van der Waals surface area contributed by atoms with Gasteiger partial charge in [0.1, 0.15) is 0 Å². The molecule has 0 aliphatic rings. The minimum Gasteiger partial charge on any atom is -0.334 e. The van der Waals surface area contributed by atoms with Crippen LogP contribution >= 0.6 is 11.6 Å². The first-order valence-electron chi connectivity index (χ1n) is 4.42. The summed E-state index contributed by atoms with van der Waals surface area (Å²) >= 11 is 5.72. The van der Waals surface area contributed by atoms with E-state index in [0.29, 0.717) is 6.04 Å². The molecule has 12 heavy (non-hydrogen) atoms. The van der Waals surface area contributed by atoms with Crippen molar-refractivity contribution in [3.05, 3.63) is 18.7 Å². The molecule has 0 saturated carbocycles. The summed E-state index contributed by atoms with van der Waals surface area (Å²) < 4.78 is 2.14. The van der Waals surface area contributed by atoms with E-state index in [1.807, 2.05) is 18.7 Å². The lowest BCUT2D eigenvalue weighted by Gasteiger charge is -2.15. The maximum Gasteiger partial charge on any atom is 0.0948 e. The van der Waals surface area contributed by atoms with E-state index in [1.165, 1.54) is 12.8 Å². The fourth-order valence-corrected chi connectivity index (χ4v) is 1.64. The first-order chi connectivity index (χ1) is 5.88. The molecule has 0 fully saturated rings. The van der Waals surface area contributed by atoms with E-state index in [2.05, 4.69) is 16.5 Å². The molecule has 0 aliphatic carbocycles. The van der Waals surface area contributed by atoms with Crippen LogP contribution < -0.4 is 0 Å². The lowest BCUT2D eigenvalue weighted by molar-refractivity contribution is 0.449. The van der Waals surface area contributed by atoms with Gasteiger partial charge in [-0.05, 0) is 12.8 Å². The molecule has 68 valence electrons. The van der Waals surface area contributed by atoms with Crippen LogP contribution in [0.15, 0.2) is 18.7 Å². The van der Waals surface area contributed by atoms with Gasteiger partial charge >= 0.3 is 0 Å². The molecule has 0 N–H and O–H groups in total. The Kier molecular flexibility index (Phi) is 4.15. The van der Waals surface area contributed by atoms with E-state index in [0.717, 1.165) is 12.3 Å². The molecule has 0 saturated heterocycles. The Morgan fingerprint density at radius 1 is 1.50 bits per heavy atom. The molecule has 0 radical (unpaired) electrons. The molecule has 1 aromatic rings. The highest BCUT2D eigenvalue weighted by molar-refractivity contribution is 6.17. The predicted octanol–water partition coefficient (Wildman–Crippen LogP) is 2.85. The molecule has 0 spiro atoms. The van der Waals surface area contributed by atoms with Crippen LogP contribution in [0, 0.1) is 0 Å². The molecule has 1 atom stereocenters. The zero-order chi connectivity index (χ0) is 8.81. The van der Waals surface area contributed by atoms with E-state index < -0.39 is 0 Å². The molecule has 0 aliphatic heterocycles. The maximum absolute atomic E-state index is 5.72. The average Bonchev–Trinajstić information content (AvgIpc) is 2.56. The van der Waals surface area contributed by atoms with Gasteiger partial charge in [0.15, 0.2) is 0 Å². The predicted molar refractivity (Wildman–Crippen MR) is 51.5 cm³/mol. The highest BCUT2D eigenvalue weighted by Crippen LogP contribution is 2.17. The minimum absolute atomic E-state index is 0.537. The number of hydrogen-bond acceptors (Lipinski definition) is 1. The van der Waals surface area contributed by atoms with Gasteiger partial charge in [-0.25, -0.2) is 4.98 Å². The van der Waals surface area contributed by atoms with E-state index in [1.54, 1.807) is 0 Å². The molecule has 0 amide bonds. The summed E-state index contributed by atoms with van der Waals surface area (Å²) in [5.74, 6) is 0.725. The average molecular weight is 187 g/mol. The van der Waals surface area contributed by atoms with Gasteiger partial charge in [0, 0.05) is 24.3 Å². The van der Waals surface area contributed by atoms with Crippen LogP contribution in [0.2, 0.25) is 0 Å². The normalized spacial score (nSPS) is 13.2. The van der Waals surface area contributed by atoms with Crippen LogP contribution in [-0.2, 0) is 0 Å². The standard InChI is InChI=1S/C9H15ClN2/c1-2-3-9(4-5-10)12-7-6-11-8-12/h6-9H,2-5H2,1H3. The Balaban J connectivity index is 2.53. The van der Waals surface area contributed by atoms with Gasteiger partial charge in [-0.2, -0.15) is 0 Å². The summed E-state index contributed by atoms with van der Waals surface area (Å²) in [4.78, 5) is 4.03.